The van der Waals surface area contributed by atoms with Crippen LogP contribution in [0.1, 0.15) is 0 Å². The molecule has 2 N–H and O–H groups in total. The van der Waals surface area contributed by atoms with Gasteiger partial charge >= 0.3 is 0 Å². The van der Waals surface area contributed by atoms with Crippen LogP contribution in [0.4, 0.5) is 11.4 Å². The van der Waals surface area contributed by atoms with Crippen molar-refractivity contribution in [3.8, 4) is 11.5 Å². The van der Waals surface area contributed by atoms with Crippen LogP contribution in [0.25, 0.3) is 0 Å². The van der Waals surface area contributed by atoms with Crippen molar-refractivity contribution in [1.82, 2.24) is 0 Å². The van der Waals surface area contributed by atoms with Gasteiger partial charge in [0.15, 0.2) is 0 Å². The van der Waals surface area contributed by atoms with E-state index in [1.165, 1.54) is 0 Å². The van der Waals surface area contributed by atoms with Crippen LogP contribution in [0.3, 0.4) is 0 Å². The van der Waals surface area contributed by atoms with Gasteiger partial charge in [-0.3, -0.25) is 9.98 Å². The van der Waals surface area contributed by atoms with Crippen LogP contribution in [-0.4, -0.2) is 35.9 Å². The second kappa shape index (κ2) is 7.81. The van der Waals surface area contributed by atoms with E-state index >= 15 is 0 Å². The number of phenols is 2. The second-order valence-electron chi connectivity index (χ2n) is 4.14. The van der Waals surface area contributed by atoms with Crippen LogP contribution in [-0.2, 0) is 4.74 Å². The molecule has 5 heteroatoms. The fraction of sp³-hybridized carbons (Fsp3) is 0.125. The maximum atomic E-state index is 9.50. The van der Waals surface area contributed by atoms with Crippen LogP contribution in [0, 0.1) is 0 Å². The summed E-state index contributed by atoms with van der Waals surface area (Å²) >= 11 is 0. The molecule has 2 rings (SSSR count). The lowest BCUT2D eigenvalue weighted by atomic mass is 10.3. The average molecular weight is 284 g/mol. The third-order valence-electron chi connectivity index (χ3n) is 2.61. The van der Waals surface area contributed by atoms with Crippen LogP contribution in [0.15, 0.2) is 58.5 Å². The molecule has 21 heavy (non-hydrogen) atoms. The van der Waals surface area contributed by atoms with Gasteiger partial charge in [-0.2, -0.15) is 0 Å². The molecule has 0 aliphatic carbocycles. The summed E-state index contributed by atoms with van der Waals surface area (Å²) in [6, 6.07) is 13.6. The summed E-state index contributed by atoms with van der Waals surface area (Å²) in [6.07, 6.45) is 3.14. The lowest BCUT2D eigenvalue weighted by Crippen LogP contribution is -1.98. The smallest absolute Gasteiger partial charge is 0.141 e. The SMILES string of the molecule is Oc1ccccc1N=CCOCC=Nc1ccccc1O. The number of rotatable bonds is 6. The second-order valence-corrected chi connectivity index (χ2v) is 4.14. The number of nitrogens with zero attached hydrogens (tertiary/aromatic N) is 2. The third kappa shape index (κ3) is 4.74. The van der Waals surface area contributed by atoms with Crippen LogP contribution in [0.2, 0.25) is 0 Å². The van der Waals surface area contributed by atoms with Crippen molar-refractivity contribution in [2.24, 2.45) is 9.98 Å². The summed E-state index contributed by atoms with van der Waals surface area (Å²) in [5, 5.41) is 19.0. The van der Waals surface area contributed by atoms with Crippen LogP contribution >= 0.6 is 0 Å². The van der Waals surface area contributed by atoms with E-state index in [1.807, 2.05) is 0 Å². The van der Waals surface area contributed by atoms with E-state index in [1.54, 1.807) is 61.0 Å². The molecule has 0 saturated carbocycles. The first-order valence-corrected chi connectivity index (χ1v) is 6.46. The lowest BCUT2D eigenvalue weighted by Gasteiger charge is -1.98. The minimum atomic E-state index is 0.134. The Labute approximate surface area is 122 Å². The maximum absolute atomic E-state index is 9.50. The summed E-state index contributed by atoms with van der Waals surface area (Å²) in [5.74, 6) is 0.268. The first kappa shape index (κ1) is 14.7. The zero-order valence-corrected chi connectivity index (χ0v) is 11.4. The molecule has 0 aromatic heterocycles. The molecule has 5 nitrogen and oxygen atoms in total. The van der Waals surface area contributed by atoms with Gasteiger partial charge in [-0.15, -0.1) is 0 Å². The summed E-state index contributed by atoms with van der Waals surface area (Å²) in [6.45, 7) is 0.613. The Morgan fingerprint density at radius 1 is 0.762 bits per heavy atom. The minimum absolute atomic E-state index is 0.134. The van der Waals surface area contributed by atoms with Gasteiger partial charge in [0.25, 0.3) is 0 Å². The standard InChI is InChI=1S/C16H16N2O3/c19-15-7-3-1-5-13(15)17-9-11-21-12-10-18-14-6-2-4-8-16(14)20/h1-10,19-20H,11-12H2. The van der Waals surface area contributed by atoms with Gasteiger partial charge in [0.2, 0.25) is 0 Å². The Hall–Kier alpha value is -2.66. The van der Waals surface area contributed by atoms with E-state index in [0.29, 0.717) is 24.6 Å². The molecule has 0 atom stereocenters. The number of para-hydroxylation sites is 4. The average Bonchev–Trinajstić information content (AvgIpc) is 2.50. The summed E-state index contributed by atoms with van der Waals surface area (Å²) in [7, 11) is 0. The molecule has 0 radical (unpaired) electrons. The topological polar surface area (TPSA) is 74.4 Å². The summed E-state index contributed by atoms with van der Waals surface area (Å²) in [5.41, 5.74) is 1.01. The molecule has 0 heterocycles. The van der Waals surface area contributed by atoms with E-state index in [4.69, 9.17) is 4.74 Å². The van der Waals surface area contributed by atoms with E-state index in [2.05, 4.69) is 9.98 Å². The van der Waals surface area contributed by atoms with Gasteiger partial charge in [0.05, 0.1) is 13.2 Å². The highest BCUT2D eigenvalue weighted by Gasteiger charge is 1.95. The Morgan fingerprint density at radius 3 is 1.62 bits per heavy atom. The molecular weight excluding hydrogens is 268 g/mol. The Bertz CT molecular complexity index is 583. The van der Waals surface area contributed by atoms with Crippen molar-refractivity contribution >= 4 is 23.8 Å². The van der Waals surface area contributed by atoms with E-state index in [-0.39, 0.29) is 11.5 Å². The summed E-state index contributed by atoms with van der Waals surface area (Å²) in [4.78, 5) is 8.18. The van der Waals surface area contributed by atoms with Crippen molar-refractivity contribution in [3.63, 3.8) is 0 Å². The predicted octanol–water partition coefficient (Wildman–Crippen LogP) is 3.22. The first-order chi connectivity index (χ1) is 10.3. The molecule has 0 fully saturated rings. The van der Waals surface area contributed by atoms with Crippen molar-refractivity contribution in [1.29, 1.82) is 0 Å². The lowest BCUT2D eigenvalue weighted by molar-refractivity contribution is 0.220. The largest absolute Gasteiger partial charge is 0.506 e. The van der Waals surface area contributed by atoms with Crippen LogP contribution < -0.4 is 0 Å². The molecule has 0 unspecified atom stereocenters. The Balaban J connectivity index is 1.73. The normalized spacial score (nSPS) is 11.4. The quantitative estimate of drug-likeness (QED) is 0.631. The zero-order valence-electron chi connectivity index (χ0n) is 11.4. The van der Waals surface area contributed by atoms with E-state index in [0.717, 1.165) is 0 Å². The molecule has 0 saturated heterocycles. The van der Waals surface area contributed by atoms with Crippen molar-refractivity contribution in [2.45, 2.75) is 0 Å². The molecule has 0 bridgehead atoms. The number of hydrogen-bond donors (Lipinski definition) is 2. The molecule has 0 aliphatic rings. The fourth-order valence-electron chi connectivity index (χ4n) is 1.59. The molecule has 108 valence electrons. The molecule has 0 aliphatic heterocycles. The number of aromatic hydroxyl groups is 2. The van der Waals surface area contributed by atoms with Gasteiger partial charge in [0.1, 0.15) is 22.9 Å². The predicted molar refractivity (Wildman–Crippen MR) is 83.3 cm³/mol. The van der Waals surface area contributed by atoms with Gasteiger partial charge in [-0.1, -0.05) is 24.3 Å². The maximum Gasteiger partial charge on any atom is 0.141 e. The molecule has 2 aromatic rings. The van der Waals surface area contributed by atoms with Gasteiger partial charge in [-0.05, 0) is 24.3 Å². The highest BCUT2D eigenvalue weighted by molar-refractivity contribution is 5.69. The van der Waals surface area contributed by atoms with E-state index < -0.39 is 0 Å². The third-order valence-corrected chi connectivity index (χ3v) is 2.61. The van der Waals surface area contributed by atoms with Crippen molar-refractivity contribution in [3.05, 3.63) is 48.5 Å². The Kier molecular flexibility index (Phi) is 5.49. The number of aliphatic imine (C=N–C) groups is 2. The van der Waals surface area contributed by atoms with Crippen LogP contribution in [0.5, 0.6) is 11.5 Å². The monoisotopic (exact) mass is 284 g/mol. The molecular formula is C16H16N2O3. The van der Waals surface area contributed by atoms with Gasteiger partial charge in [0, 0.05) is 12.4 Å². The Morgan fingerprint density at radius 2 is 1.19 bits per heavy atom. The minimum Gasteiger partial charge on any atom is -0.506 e. The first-order valence-electron chi connectivity index (χ1n) is 6.46. The highest BCUT2D eigenvalue weighted by Crippen LogP contribution is 2.24. The number of ether oxygens (including phenoxy) is 1. The molecule has 0 spiro atoms. The number of hydrogen-bond acceptors (Lipinski definition) is 5. The van der Waals surface area contributed by atoms with Crippen molar-refractivity contribution in [2.75, 3.05) is 13.2 Å². The number of benzene rings is 2. The molecule has 2 aromatic carbocycles. The molecule has 0 amide bonds. The van der Waals surface area contributed by atoms with E-state index in [9.17, 15) is 10.2 Å². The summed E-state index contributed by atoms with van der Waals surface area (Å²) < 4.78 is 5.29. The van der Waals surface area contributed by atoms with Gasteiger partial charge < -0.3 is 14.9 Å². The fourth-order valence-corrected chi connectivity index (χ4v) is 1.59. The van der Waals surface area contributed by atoms with Gasteiger partial charge in [-0.25, -0.2) is 0 Å². The number of phenolic OH excluding ortho intramolecular Hbond substituents is 2. The van der Waals surface area contributed by atoms with Crippen molar-refractivity contribution < 1.29 is 14.9 Å². The zero-order chi connectivity index (χ0) is 14.9. The highest BCUT2D eigenvalue weighted by atomic mass is 16.5.